The molecule has 1 N–H and O–H groups in total. The standard InChI is InChI=1S/C27H38ClN3O4S/c1-6-22-13-15-24(16-14-22)31(36(5,34)35)17-9-12-26(32)30(19-23-10-7-8-11-25(23)28)21(4)27(33)29-18-20(2)3/h7-8,10-11,13-16,20-21H,6,9,12,17-19H2,1-5H3,(H,29,33). The Morgan fingerprint density at radius 1 is 1.03 bits per heavy atom. The number of hydrogen-bond acceptors (Lipinski definition) is 4. The van der Waals surface area contributed by atoms with Gasteiger partial charge in [0.05, 0.1) is 11.9 Å². The number of amides is 2. The van der Waals surface area contributed by atoms with Crippen LogP contribution in [-0.4, -0.2) is 50.5 Å². The summed E-state index contributed by atoms with van der Waals surface area (Å²) < 4.78 is 26.2. The number of sulfonamides is 1. The van der Waals surface area contributed by atoms with E-state index in [1.807, 2.05) is 51.1 Å². The second kappa shape index (κ2) is 13.7. The minimum atomic E-state index is -3.53. The first-order chi connectivity index (χ1) is 16.9. The lowest BCUT2D eigenvalue weighted by molar-refractivity contribution is -0.140. The number of halogens is 1. The lowest BCUT2D eigenvalue weighted by Crippen LogP contribution is -2.48. The Labute approximate surface area is 220 Å². The zero-order chi connectivity index (χ0) is 26.9. The van der Waals surface area contributed by atoms with E-state index < -0.39 is 16.1 Å². The van der Waals surface area contributed by atoms with E-state index in [1.54, 1.807) is 25.1 Å². The fourth-order valence-electron chi connectivity index (χ4n) is 3.75. The van der Waals surface area contributed by atoms with E-state index in [0.717, 1.165) is 23.8 Å². The van der Waals surface area contributed by atoms with Gasteiger partial charge in [-0.1, -0.05) is 62.7 Å². The maximum atomic E-state index is 13.3. The van der Waals surface area contributed by atoms with Crippen molar-refractivity contribution in [1.29, 1.82) is 0 Å². The van der Waals surface area contributed by atoms with E-state index in [-0.39, 0.29) is 37.2 Å². The number of rotatable bonds is 13. The van der Waals surface area contributed by atoms with Gasteiger partial charge >= 0.3 is 0 Å². The van der Waals surface area contributed by atoms with E-state index in [0.29, 0.717) is 23.7 Å². The largest absolute Gasteiger partial charge is 0.354 e. The molecule has 2 aromatic rings. The second-order valence-electron chi connectivity index (χ2n) is 9.39. The first-order valence-electron chi connectivity index (χ1n) is 12.3. The van der Waals surface area contributed by atoms with Gasteiger partial charge in [0.1, 0.15) is 6.04 Å². The van der Waals surface area contributed by atoms with Gasteiger partial charge in [-0.3, -0.25) is 13.9 Å². The molecule has 2 amide bonds. The summed E-state index contributed by atoms with van der Waals surface area (Å²) in [4.78, 5) is 27.6. The van der Waals surface area contributed by atoms with Crippen molar-refractivity contribution in [2.45, 2.75) is 59.5 Å². The van der Waals surface area contributed by atoms with Crippen LogP contribution < -0.4 is 9.62 Å². The molecule has 2 rings (SSSR count). The molecule has 36 heavy (non-hydrogen) atoms. The molecule has 0 aromatic heterocycles. The summed E-state index contributed by atoms with van der Waals surface area (Å²) in [5, 5.41) is 3.41. The van der Waals surface area contributed by atoms with Crippen LogP contribution >= 0.6 is 11.6 Å². The van der Waals surface area contributed by atoms with Gasteiger partial charge < -0.3 is 10.2 Å². The van der Waals surface area contributed by atoms with Gasteiger partial charge in [-0.2, -0.15) is 0 Å². The zero-order valence-electron chi connectivity index (χ0n) is 21.8. The number of hydrogen-bond donors (Lipinski definition) is 1. The molecular weight excluding hydrogens is 498 g/mol. The predicted octanol–water partition coefficient (Wildman–Crippen LogP) is 4.64. The minimum absolute atomic E-state index is 0.0886. The van der Waals surface area contributed by atoms with Crippen LogP contribution in [-0.2, 0) is 32.6 Å². The average molecular weight is 536 g/mol. The monoisotopic (exact) mass is 535 g/mol. The van der Waals surface area contributed by atoms with Gasteiger partial charge in [0.2, 0.25) is 21.8 Å². The van der Waals surface area contributed by atoms with E-state index in [1.165, 1.54) is 9.21 Å². The molecule has 0 heterocycles. The topological polar surface area (TPSA) is 86.8 Å². The molecule has 0 saturated carbocycles. The van der Waals surface area contributed by atoms with Gasteiger partial charge in [-0.25, -0.2) is 8.42 Å². The van der Waals surface area contributed by atoms with Crippen molar-refractivity contribution in [2.75, 3.05) is 23.7 Å². The number of benzene rings is 2. The molecular formula is C27H38ClN3O4S. The first kappa shape index (κ1) is 29.6. The highest BCUT2D eigenvalue weighted by molar-refractivity contribution is 7.92. The van der Waals surface area contributed by atoms with Gasteiger partial charge in [-0.05, 0) is 55.0 Å². The van der Waals surface area contributed by atoms with Crippen LogP contribution in [0.15, 0.2) is 48.5 Å². The quantitative estimate of drug-likeness (QED) is 0.405. The smallest absolute Gasteiger partial charge is 0.242 e. The number of nitrogens with one attached hydrogen (secondary N) is 1. The summed E-state index contributed by atoms with van der Waals surface area (Å²) in [7, 11) is -3.53. The third-order valence-corrected chi connectivity index (χ3v) is 7.50. The maximum absolute atomic E-state index is 13.3. The van der Waals surface area contributed by atoms with Crippen molar-refractivity contribution in [1.82, 2.24) is 10.2 Å². The van der Waals surface area contributed by atoms with Crippen molar-refractivity contribution in [2.24, 2.45) is 5.92 Å². The molecule has 0 spiro atoms. The van der Waals surface area contributed by atoms with Crippen LogP contribution in [0.25, 0.3) is 0 Å². The third kappa shape index (κ3) is 8.82. The normalized spacial score (nSPS) is 12.3. The number of nitrogens with zero attached hydrogens (tertiary/aromatic N) is 2. The van der Waals surface area contributed by atoms with Crippen molar-refractivity contribution >= 4 is 39.1 Å². The van der Waals surface area contributed by atoms with Crippen molar-refractivity contribution in [3.8, 4) is 0 Å². The molecule has 0 aliphatic rings. The molecule has 1 atom stereocenters. The fourth-order valence-corrected chi connectivity index (χ4v) is 4.91. The van der Waals surface area contributed by atoms with Crippen molar-refractivity contribution in [3.63, 3.8) is 0 Å². The average Bonchev–Trinajstić information content (AvgIpc) is 2.83. The summed E-state index contributed by atoms with van der Waals surface area (Å²) in [6, 6.07) is 13.9. The van der Waals surface area contributed by atoms with Gasteiger partial charge in [0.25, 0.3) is 0 Å². The molecule has 0 fully saturated rings. The van der Waals surface area contributed by atoms with Crippen LogP contribution in [0, 0.1) is 5.92 Å². The lowest BCUT2D eigenvalue weighted by atomic mass is 10.1. The second-order valence-corrected chi connectivity index (χ2v) is 11.7. The number of aryl methyl sites for hydroxylation is 1. The highest BCUT2D eigenvalue weighted by Gasteiger charge is 2.27. The molecule has 7 nitrogen and oxygen atoms in total. The van der Waals surface area contributed by atoms with Crippen LogP contribution in [0.4, 0.5) is 5.69 Å². The van der Waals surface area contributed by atoms with E-state index in [4.69, 9.17) is 11.6 Å². The molecule has 0 bridgehead atoms. The Kier molecular flexibility index (Phi) is 11.2. The minimum Gasteiger partial charge on any atom is -0.354 e. The Balaban J connectivity index is 2.16. The molecule has 1 unspecified atom stereocenters. The maximum Gasteiger partial charge on any atom is 0.242 e. The molecule has 0 aliphatic heterocycles. The van der Waals surface area contributed by atoms with Gasteiger partial charge in [0, 0.05) is 31.1 Å². The van der Waals surface area contributed by atoms with Gasteiger partial charge in [-0.15, -0.1) is 0 Å². The van der Waals surface area contributed by atoms with E-state index >= 15 is 0 Å². The van der Waals surface area contributed by atoms with Crippen LogP contribution in [0.5, 0.6) is 0 Å². The zero-order valence-corrected chi connectivity index (χ0v) is 23.4. The Morgan fingerprint density at radius 2 is 1.67 bits per heavy atom. The molecule has 198 valence electrons. The van der Waals surface area contributed by atoms with Crippen LogP contribution in [0.2, 0.25) is 5.02 Å². The van der Waals surface area contributed by atoms with Crippen LogP contribution in [0.1, 0.15) is 51.7 Å². The Hall–Kier alpha value is -2.58. The van der Waals surface area contributed by atoms with Crippen molar-refractivity contribution < 1.29 is 18.0 Å². The summed E-state index contributed by atoms with van der Waals surface area (Å²) >= 11 is 6.33. The van der Waals surface area contributed by atoms with Crippen LogP contribution in [0.3, 0.4) is 0 Å². The molecule has 0 saturated heterocycles. The summed E-state index contributed by atoms with van der Waals surface area (Å²) in [5.41, 5.74) is 2.42. The summed E-state index contributed by atoms with van der Waals surface area (Å²) in [6.07, 6.45) is 2.41. The molecule has 0 radical (unpaired) electrons. The van der Waals surface area contributed by atoms with Crippen molar-refractivity contribution in [3.05, 3.63) is 64.7 Å². The van der Waals surface area contributed by atoms with E-state index in [9.17, 15) is 18.0 Å². The molecule has 0 aliphatic carbocycles. The summed E-state index contributed by atoms with van der Waals surface area (Å²) in [5.74, 6) is -0.197. The fraction of sp³-hybridized carbons (Fsp3) is 0.481. The highest BCUT2D eigenvalue weighted by atomic mass is 35.5. The number of anilines is 1. The third-order valence-electron chi connectivity index (χ3n) is 5.94. The highest BCUT2D eigenvalue weighted by Crippen LogP contribution is 2.22. The Morgan fingerprint density at radius 3 is 2.22 bits per heavy atom. The molecule has 9 heteroatoms. The lowest BCUT2D eigenvalue weighted by Gasteiger charge is -2.30. The Bertz CT molecular complexity index is 1120. The van der Waals surface area contributed by atoms with E-state index in [2.05, 4.69) is 5.32 Å². The molecule has 2 aromatic carbocycles. The summed E-state index contributed by atoms with van der Waals surface area (Å²) in [6.45, 7) is 8.59. The SMILES string of the molecule is CCc1ccc(N(CCCC(=O)N(Cc2ccccc2Cl)C(C)C(=O)NCC(C)C)S(C)(=O)=O)cc1. The number of carbonyl (C=O) groups is 2. The van der Waals surface area contributed by atoms with Gasteiger partial charge in [0.15, 0.2) is 0 Å². The number of carbonyl (C=O) groups excluding carboxylic acids is 2. The first-order valence-corrected chi connectivity index (χ1v) is 14.5. The predicted molar refractivity (Wildman–Crippen MR) is 147 cm³/mol.